The summed E-state index contributed by atoms with van der Waals surface area (Å²) in [5, 5.41) is 13.3. The molecule has 7 heteroatoms. The van der Waals surface area contributed by atoms with Crippen molar-refractivity contribution in [2.45, 2.75) is 25.8 Å². The summed E-state index contributed by atoms with van der Waals surface area (Å²) in [6.07, 6.45) is 3.04. The van der Waals surface area contributed by atoms with Gasteiger partial charge in [-0.05, 0) is 43.5 Å². The van der Waals surface area contributed by atoms with Crippen molar-refractivity contribution in [3.05, 3.63) is 35.8 Å². The monoisotopic (exact) mass is 395 g/mol. The van der Waals surface area contributed by atoms with E-state index < -0.39 is 5.82 Å². The number of nitriles is 1. The predicted octanol–water partition coefficient (Wildman–Crippen LogP) is 2.53. The van der Waals surface area contributed by atoms with Gasteiger partial charge in [-0.15, -0.1) is 0 Å². The van der Waals surface area contributed by atoms with E-state index >= 15 is 0 Å². The van der Waals surface area contributed by atoms with Gasteiger partial charge < -0.3 is 15.1 Å². The fraction of sp³-hybridized carbons (Fsp3) is 0.500. The number of benzene rings is 1. The Morgan fingerprint density at radius 2 is 2.17 bits per heavy atom. The number of hydrogen-bond acceptors (Lipinski definition) is 5. The maximum Gasteiger partial charge on any atom is 0.220 e. The average molecular weight is 395 g/mol. The number of rotatable bonds is 4. The molecule has 2 fully saturated rings. The van der Waals surface area contributed by atoms with Crippen LogP contribution in [-0.4, -0.2) is 55.1 Å². The maximum absolute atomic E-state index is 14.6. The largest absolute Gasteiger partial charge is 0.369 e. The Labute approximate surface area is 170 Å². The maximum atomic E-state index is 14.6. The first-order valence-corrected chi connectivity index (χ1v) is 10.1. The van der Waals surface area contributed by atoms with Crippen LogP contribution in [0.4, 0.5) is 10.1 Å². The van der Waals surface area contributed by atoms with E-state index in [1.807, 2.05) is 12.1 Å². The van der Waals surface area contributed by atoms with E-state index in [-0.39, 0.29) is 17.5 Å². The van der Waals surface area contributed by atoms with Gasteiger partial charge in [0.15, 0.2) is 0 Å². The molecule has 0 bridgehead atoms. The molecule has 2 aliphatic heterocycles. The molecule has 2 atom stereocenters. The highest BCUT2D eigenvalue weighted by molar-refractivity contribution is 5.95. The Balaban J connectivity index is 1.54. The van der Waals surface area contributed by atoms with E-state index in [0.29, 0.717) is 30.3 Å². The van der Waals surface area contributed by atoms with E-state index in [1.54, 1.807) is 12.3 Å². The summed E-state index contributed by atoms with van der Waals surface area (Å²) in [4.78, 5) is 21.0. The third-order valence-corrected chi connectivity index (χ3v) is 5.91. The SMILES string of the molecule is C[C@H]1C[C@@H](NC(=O)CC2CN(C)C2)CN(c2cc(F)c(C#N)c3ncccc23)C1. The Hall–Kier alpha value is -2.72. The highest BCUT2D eigenvalue weighted by Gasteiger charge is 2.30. The number of piperidine rings is 1. The minimum atomic E-state index is -0.554. The van der Waals surface area contributed by atoms with Crippen LogP contribution in [0.15, 0.2) is 24.4 Å². The number of pyridine rings is 1. The number of nitrogens with one attached hydrogen (secondary N) is 1. The Morgan fingerprint density at radius 1 is 1.38 bits per heavy atom. The van der Waals surface area contributed by atoms with Gasteiger partial charge in [0.1, 0.15) is 17.4 Å². The van der Waals surface area contributed by atoms with E-state index in [2.05, 4.69) is 34.1 Å². The topological polar surface area (TPSA) is 72.3 Å². The smallest absolute Gasteiger partial charge is 0.220 e. The second-order valence-corrected chi connectivity index (χ2v) is 8.57. The molecule has 29 heavy (non-hydrogen) atoms. The van der Waals surface area contributed by atoms with E-state index in [1.165, 1.54) is 6.07 Å². The Morgan fingerprint density at radius 3 is 2.90 bits per heavy atom. The van der Waals surface area contributed by atoms with E-state index in [0.717, 1.165) is 37.1 Å². The standard InChI is InChI=1S/C22H26FN5O/c1-14-6-16(26-21(29)7-15-11-27(2)12-15)13-28(10-14)20-8-19(23)18(9-24)22-17(20)4-3-5-25-22/h3-5,8,14-16H,6-7,10-13H2,1-2H3,(H,26,29)/t14-,16+/m0/s1. The van der Waals surface area contributed by atoms with Crippen molar-refractivity contribution in [2.75, 3.05) is 38.1 Å². The van der Waals surface area contributed by atoms with Crippen molar-refractivity contribution >= 4 is 22.5 Å². The quantitative estimate of drug-likeness (QED) is 0.861. The van der Waals surface area contributed by atoms with Gasteiger partial charge in [-0.25, -0.2) is 4.39 Å². The molecule has 1 aromatic heterocycles. The van der Waals surface area contributed by atoms with Gasteiger partial charge in [-0.1, -0.05) is 6.92 Å². The first-order valence-electron chi connectivity index (χ1n) is 10.1. The van der Waals surface area contributed by atoms with Crippen molar-refractivity contribution < 1.29 is 9.18 Å². The number of fused-ring (bicyclic) bond motifs is 1. The molecule has 1 aromatic carbocycles. The van der Waals surface area contributed by atoms with Crippen LogP contribution in [0.1, 0.15) is 25.3 Å². The summed E-state index contributed by atoms with van der Waals surface area (Å²) in [6, 6.07) is 7.06. The van der Waals surface area contributed by atoms with Gasteiger partial charge in [-0.2, -0.15) is 5.26 Å². The van der Waals surface area contributed by atoms with Crippen molar-refractivity contribution in [3.63, 3.8) is 0 Å². The lowest BCUT2D eigenvalue weighted by molar-refractivity contribution is -0.124. The molecular weight excluding hydrogens is 369 g/mol. The minimum absolute atomic E-state index is 0.0227. The summed E-state index contributed by atoms with van der Waals surface area (Å²) in [6.45, 7) is 5.49. The lowest BCUT2D eigenvalue weighted by Crippen LogP contribution is -2.52. The number of anilines is 1. The minimum Gasteiger partial charge on any atom is -0.369 e. The van der Waals surface area contributed by atoms with Crippen LogP contribution < -0.4 is 10.2 Å². The zero-order valence-corrected chi connectivity index (χ0v) is 16.9. The number of halogens is 1. The second kappa shape index (κ2) is 7.96. The van der Waals surface area contributed by atoms with Crippen LogP contribution in [-0.2, 0) is 4.79 Å². The lowest BCUT2D eigenvalue weighted by Gasteiger charge is -2.40. The zero-order valence-electron chi connectivity index (χ0n) is 16.9. The number of likely N-dealkylation sites (tertiary alicyclic amines) is 1. The highest BCUT2D eigenvalue weighted by atomic mass is 19.1. The molecule has 0 unspecified atom stereocenters. The lowest BCUT2D eigenvalue weighted by atomic mass is 9.93. The third-order valence-electron chi connectivity index (χ3n) is 5.91. The second-order valence-electron chi connectivity index (χ2n) is 8.57. The Kier molecular flexibility index (Phi) is 5.37. The fourth-order valence-corrected chi connectivity index (χ4v) is 4.72. The third kappa shape index (κ3) is 4.03. The molecular formula is C22H26FN5O. The molecule has 0 spiro atoms. The van der Waals surface area contributed by atoms with Crippen LogP contribution in [0, 0.1) is 29.0 Å². The molecule has 4 rings (SSSR count). The number of hydrogen-bond donors (Lipinski definition) is 1. The number of amides is 1. The molecule has 2 aliphatic rings. The fourth-order valence-electron chi connectivity index (χ4n) is 4.72. The normalized spacial score (nSPS) is 22.9. The van der Waals surface area contributed by atoms with E-state index in [9.17, 15) is 14.4 Å². The van der Waals surface area contributed by atoms with Crippen molar-refractivity contribution in [1.82, 2.24) is 15.2 Å². The summed E-state index contributed by atoms with van der Waals surface area (Å²) < 4.78 is 14.6. The van der Waals surface area contributed by atoms with Gasteiger partial charge in [-0.3, -0.25) is 9.78 Å². The summed E-state index contributed by atoms with van der Waals surface area (Å²) in [5.74, 6) is 0.343. The molecule has 2 aromatic rings. The van der Waals surface area contributed by atoms with E-state index in [4.69, 9.17) is 0 Å². The zero-order chi connectivity index (χ0) is 20.5. The average Bonchev–Trinajstić information content (AvgIpc) is 2.65. The molecule has 2 saturated heterocycles. The summed E-state index contributed by atoms with van der Waals surface area (Å²) in [5.41, 5.74) is 1.10. The van der Waals surface area contributed by atoms with Gasteiger partial charge in [0.05, 0.1) is 5.52 Å². The number of carbonyl (C=O) groups is 1. The molecule has 1 N–H and O–H groups in total. The van der Waals surface area contributed by atoms with Gasteiger partial charge in [0.25, 0.3) is 0 Å². The number of nitrogens with zero attached hydrogens (tertiary/aromatic N) is 4. The first kappa shape index (κ1) is 19.6. The summed E-state index contributed by atoms with van der Waals surface area (Å²) >= 11 is 0. The molecule has 3 heterocycles. The van der Waals surface area contributed by atoms with Crippen LogP contribution in [0.2, 0.25) is 0 Å². The van der Waals surface area contributed by atoms with Gasteiger partial charge >= 0.3 is 0 Å². The number of aromatic nitrogens is 1. The van der Waals surface area contributed by atoms with Crippen LogP contribution in [0.3, 0.4) is 0 Å². The van der Waals surface area contributed by atoms with Crippen LogP contribution in [0.5, 0.6) is 0 Å². The molecule has 0 aliphatic carbocycles. The predicted molar refractivity (Wildman–Crippen MR) is 110 cm³/mol. The van der Waals surface area contributed by atoms with Crippen LogP contribution in [0.25, 0.3) is 10.9 Å². The number of carbonyl (C=O) groups excluding carboxylic acids is 1. The van der Waals surface area contributed by atoms with Crippen molar-refractivity contribution in [1.29, 1.82) is 5.26 Å². The first-order chi connectivity index (χ1) is 13.9. The Bertz CT molecular complexity index is 966. The van der Waals surface area contributed by atoms with Gasteiger partial charge in [0.2, 0.25) is 5.91 Å². The van der Waals surface area contributed by atoms with Gasteiger partial charge in [0, 0.05) is 55.9 Å². The molecule has 152 valence electrons. The summed E-state index contributed by atoms with van der Waals surface area (Å²) in [7, 11) is 2.06. The van der Waals surface area contributed by atoms with Crippen molar-refractivity contribution in [3.8, 4) is 6.07 Å². The molecule has 0 saturated carbocycles. The molecule has 0 radical (unpaired) electrons. The molecule has 6 nitrogen and oxygen atoms in total. The van der Waals surface area contributed by atoms with Crippen molar-refractivity contribution in [2.24, 2.45) is 11.8 Å². The molecule has 1 amide bonds. The highest BCUT2D eigenvalue weighted by Crippen LogP contribution is 2.33. The van der Waals surface area contributed by atoms with Crippen LogP contribution >= 0.6 is 0 Å².